The molecule has 0 bridgehead atoms. The van der Waals surface area contributed by atoms with Gasteiger partial charge in [-0.15, -0.1) is 0 Å². The molecule has 2 unspecified atom stereocenters. The van der Waals surface area contributed by atoms with Crippen molar-refractivity contribution in [2.45, 2.75) is 19.3 Å². The number of nitrogens with one attached hydrogen (secondary N) is 1. The van der Waals surface area contributed by atoms with Gasteiger partial charge in [-0.2, -0.15) is 0 Å². The smallest absolute Gasteiger partial charge is 0.287 e. The Morgan fingerprint density at radius 2 is 2.24 bits per heavy atom. The molecular weight excluding hydrogens is 242 g/mol. The Kier molecular flexibility index (Phi) is 4.07. The quantitative estimate of drug-likeness (QED) is 0.868. The van der Waals surface area contributed by atoms with Gasteiger partial charge in [0.1, 0.15) is 0 Å². The largest absolute Gasteiger partial charge is 0.440 e. The van der Waals surface area contributed by atoms with Crippen LogP contribution in [0.5, 0.6) is 0 Å². The number of hydrogen-bond donors (Lipinski definition) is 2. The number of rotatable bonds is 4. The molecule has 4 nitrogen and oxygen atoms in total. The summed E-state index contributed by atoms with van der Waals surface area (Å²) < 4.78 is 5.02. The lowest BCUT2D eigenvalue weighted by molar-refractivity contribution is 0.0910. The van der Waals surface area contributed by atoms with Gasteiger partial charge in [-0.25, -0.2) is 0 Å². The highest BCUT2D eigenvalue weighted by Gasteiger charge is 2.27. The van der Waals surface area contributed by atoms with Gasteiger partial charge in [0.25, 0.3) is 5.91 Å². The van der Waals surface area contributed by atoms with Gasteiger partial charge in [-0.05, 0) is 48.4 Å². The van der Waals surface area contributed by atoms with Crippen molar-refractivity contribution >= 4 is 17.5 Å². The molecule has 2 rings (SSSR count). The molecule has 1 amide bonds. The SMILES string of the molecule is O=C(NCC1CCCC1CO)c1ccc(Cl)o1. The first-order valence-corrected chi connectivity index (χ1v) is 6.23. The van der Waals surface area contributed by atoms with Gasteiger partial charge in [-0.1, -0.05) is 6.42 Å². The summed E-state index contributed by atoms with van der Waals surface area (Å²) in [4.78, 5) is 11.7. The van der Waals surface area contributed by atoms with Gasteiger partial charge in [0.05, 0.1) is 0 Å². The van der Waals surface area contributed by atoms with E-state index in [0.717, 1.165) is 19.3 Å². The van der Waals surface area contributed by atoms with Gasteiger partial charge in [0.15, 0.2) is 11.0 Å². The molecule has 1 saturated carbocycles. The third-order valence-electron chi connectivity index (χ3n) is 3.37. The van der Waals surface area contributed by atoms with Gasteiger partial charge in [-0.3, -0.25) is 4.79 Å². The molecule has 2 N–H and O–H groups in total. The van der Waals surface area contributed by atoms with Gasteiger partial charge < -0.3 is 14.8 Å². The van der Waals surface area contributed by atoms with Crippen LogP contribution in [0.25, 0.3) is 0 Å². The average molecular weight is 258 g/mol. The second-order valence-corrected chi connectivity index (χ2v) is 4.82. The van der Waals surface area contributed by atoms with Crippen molar-refractivity contribution in [1.82, 2.24) is 5.32 Å². The first-order chi connectivity index (χ1) is 8.20. The molecule has 1 aliphatic rings. The van der Waals surface area contributed by atoms with Crippen LogP contribution < -0.4 is 5.32 Å². The first-order valence-electron chi connectivity index (χ1n) is 5.85. The number of hydrogen-bond acceptors (Lipinski definition) is 3. The second kappa shape index (κ2) is 5.56. The summed E-state index contributed by atoms with van der Waals surface area (Å²) in [6.45, 7) is 0.787. The standard InChI is InChI=1S/C12H16ClNO3/c13-11-5-4-10(17-11)12(16)14-6-8-2-1-3-9(8)7-15/h4-5,8-9,15H,1-3,6-7H2,(H,14,16). The van der Waals surface area contributed by atoms with Gasteiger partial charge in [0.2, 0.25) is 0 Å². The minimum absolute atomic E-state index is 0.202. The first kappa shape index (κ1) is 12.5. The monoisotopic (exact) mass is 257 g/mol. The summed E-state index contributed by atoms with van der Waals surface area (Å²) in [7, 11) is 0. The molecule has 1 fully saturated rings. The maximum Gasteiger partial charge on any atom is 0.287 e. The maximum atomic E-state index is 11.7. The molecule has 0 spiro atoms. The molecule has 1 aliphatic carbocycles. The van der Waals surface area contributed by atoms with Crippen LogP contribution in [-0.4, -0.2) is 24.2 Å². The summed E-state index contributed by atoms with van der Waals surface area (Å²) in [5.74, 6) is 0.666. The van der Waals surface area contributed by atoms with E-state index in [2.05, 4.69) is 5.32 Å². The van der Waals surface area contributed by atoms with Crippen molar-refractivity contribution in [3.05, 3.63) is 23.1 Å². The third-order valence-corrected chi connectivity index (χ3v) is 3.58. The fourth-order valence-electron chi connectivity index (χ4n) is 2.37. The minimum atomic E-state index is -0.250. The van der Waals surface area contributed by atoms with Crippen molar-refractivity contribution in [1.29, 1.82) is 0 Å². The molecular formula is C12H16ClNO3. The Hall–Kier alpha value is -1.00. The van der Waals surface area contributed by atoms with Gasteiger partial charge in [0, 0.05) is 13.2 Å². The van der Waals surface area contributed by atoms with Crippen LogP contribution in [0.1, 0.15) is 29.8 Å². The molecule has 0 aliphatic heterocycles. The number of carbonyl (C=O) groups is 1. The van der Waals surface area contributed by atoms with Crippen molar-refractivity contribution in [2.24, 2.45) is 11.8 Å². The zero-order valence-electron chi connectivity index (χ0n) is 9.49. The Labute approximate surface area is 105 Å². The molecule has 94 valence electrons. The van der Waals surface area contributed by atoms with Crippen molar-refractivity contribution < 1.29 is 14.3 Å². The Balaban J connectivity index is 1.84. The summed E-state index contributed by atoms with van der Waals surface area (Å²) in [5.41, 5.74) is 0. The number of carbonyl (C=O) groups excluding carboxylic acids is 1. The molecule has 2 atom stereocenters. The molecule has 1 heterocycles. The fourth-order valence-corrected chi connectivity index (χ4v) is 2.52. The molecule has 0 aromatic carbocycles. The van der Waals surface area contributed by atoms with E-state index in [9.17, 15) is 9.90 Å². The van der Waals surface area contributed by atoms with E-state index in [1.165, 1.54) is 0 Å². The van der Waals surface area contributed by atoms with Crippen molar-refractivity contribution in [3.63, 3.8) is 0 Å². The number of furan rings is 1. The highest BCUT2D eigenvalue weighted by atomic mass is 35.5. The summed E-state index contributed by atoms with van der Waals surface area (Å²) in [6, 6.07) is 3.10. The minimum Gasteiger partial charge on any atom is -0.440 e. The van der Waals surface area contributed by atoms with E-state index < -0.39 is 0 Å². The predicted molar refractivity (Wildman–Crippen MR) is 64.0 cm³/mol. The molecule has 1 aromatic rings. The van der Waals surface area contributed by atoms with E-state index in [-0.39, 0.29) is 23.5 Å². The van der Waals surface area contributed by atoms with E-state index >= 15 is 0 Å². The van der Waals surface area contributed by atoms with E-state index in [0.29, 0.717) is 18.4 Å². The molecule has 0 saturated heterocycles. The van der Waals surface area contributed by atoms with Crippen LogP contribution in [0.3, 0.4) is 0 Å². The fraction of sp³-hybridized carbons (Fsp3) is 0.583. The van der Waals surface area contributed by atoms with Crippen LogP contribution in [0.4, 0.5) is 0 Å². The number of halogens is 1. The lowest BCUT2D eigenvalue weighted by Crippen LogP contribution is -2.31. The summed E-state index contributed by atoms with van der Waals surface area (Å²) >= 11 is 5.60. The van der Waals surface area contributed by atoms with E-state index in [1.54, 1.807) is 12.1 Å². The van der Waals surface area contributed by atoms with Crippen LogP contribution in [0, 0.1) is 11.8 Å². The number of aliphatic hydroxyl groups excluding tert-OH is 1. The van der Waals surface area contributed by atoms with Gasteiger partial charge >= 0.3 is 0 Å². The zero-order chi connectivity index (χ0) is 12.3. The van der Waals surface area contributed by atoms with E-state index in [4.69, 9.17) is 16.0 Å². The lowest BCUT2D eigenvalue weighted by Gasteiger charge is -2.17. The topological polar surface area (TPSA) is 62.5 Å². The second-order valence-electron chi connectivity index (χ2n) is 4.45. The van der Waals surface area contributed by atoms with Crippen LogP contribution in [0.2, 0.25) is 5.22 Å². The number of aliphatic hydroxyl groups is 1. The van der Waals surface area contributed by atoms with Crippen molar-refractivity contribution in [2.75, 3.05) is 13.2 Å². The average Bonchev–Trinajstić information content (AvgIpc) is 2.94. The Bertz CT molecular complexity index is 391. The number of amides is 1. The highest BCUT2D eigenvalue weighted by Crippen LogP contribution is 2.30. The highest BCUT2D eigenvalue weighted by molar-refractivity contribution is 6.29. The predicted octanol–water partition coefficient (Wildman–Crippen LogP) is 2.07. The summed E-state index contributed by atoms with van der Waals surface area (Å²) in [6.07, 6.45) is 3.23. The summed E-state index contributed by atoms with van der Waals surface area (Å²) in [5, 5.41) is 12.2. The molecule has 17 heavy (non-hydrogen) atoms. The molecule has 1 aromatic heterocycles. The molecule has 5 heteroatoms. The van der Waals surface area contributed by atoms with Crippen LogP contribution in [0.15, 0.2) is 16.5 Å². The normalized spacial score (nSPS) is 23.9. The van der Waals surface area contributed by atoms with Crippen LogP contribution >= 0.6 is 11.6 Å². The van der Waals surface area contributed by atoms with Crippen molar-refractivity contribution in [3.8, 4) is 0 Å². The molecule has 0 radical (unpaired) electrons. The Morgan fingerprint density at radius 3 is 2.88 bits per heavy atom. The lowest BCUT2D eigenvalue weighted by atomic mass is 9.97. The van der Waals surface area contributed by atoms with E-state index in [1.807, 2.05) is 0 Å². The Morgan fingerprint density at radius 1 is 1.47 bits per heavy atom. The zero-order valence-corrected chi connectivity index (χ0v) is 10.2. The van der Waals surface area contributed by atoms with Crippen LogP contribution in [-0.2, 0) is 0 Å². The third kappa shape index (κ3) is 3.01. The maximum absolute atomic E-state index is 11.7.